The third-order valence-electron chi connectivity index (χ3n) is 3.11. The average Bonchev–Trinajstić information content (AvgIpc) is 2.65. The molecular formula is C17H13BrClNO2. The Morgan fingerprint density at radius 2 is 2.00 bits per heavy atom. The molecule has 0 bridgehead atoms. The summed E-state index contributed by atoms with van der Waals surface area (Å²) in [5.74, 6) is -0.688. The minimum atomic E-state index is -0.353. The zero-order valence-corrected chi connectivity index (χ0v) is 14.2. The molecule has 22 heavy (non-hydrogen) atoms. The maximum Gasteiger partial charge on any atom is 0.211 e. The van der Waals surface area contributed by atoms with E-state index < -0.39 is 0 Å². The van der Waals surface area contributed by atoms with Crippen molar-refractivity contribution in [1.82, 2.24) is 0 Å². The molecule has 0 unspecified atom stereocenters. The normalized spacial score (nSPS) is 17.4. The Hall–Kier alpha value is -1.78. The average molecular weight is 379 g/mol. The smallest absolute Gasteiger partial charge is 0.211 e. The predicted molar refractivity (Wildman–Crippen MR) is 93.6 cm³/mol. The summed E-state index contributed by atoms with van der Waals surface area (Å²) >= 11 is 9.13. The summed E-state index contributed by atoms with van der Waals surface area (Å²) in [5, 5.41) is 0.628. The van der Waals surface area contributed by atoms with Crippen LogP contribution in [0.5, 0.6) is 0 Å². The van der Waals surface area contributed by atoms with Gasteiger partial charge in [0.25, 0.3) is 0 Å². The summed E-state index contributed by atoms with van der Waals surface area (Å²) < 4.78 is 0.697. The maximum absolute atomic E-state index is 12.3. The molecule has 0 aromatic heterocycles. The zero-order valence-electron chi connectivity index (χ0n) is 11.8. The van der Waals surface area contributed by atoms with Gasteiger partial charge in [0.15, 0.2) is 5.78 Å². The second-order valence-electron chi connectivity index (χ2n) is 4.60. The third-order valence-corrected chi connectivity index (χ3v) is 3.92. The van der Waals surface area contributed by atoms with E-state index in [-0.39, 0.29) is 17.1 Å². The van der Waals surface area contributed by atoms with Crippen LogP contribution in [0.3, 0.4) is 0 Å². The number of carbonyl (C=O) groups excluding carboxylic acids is 2. The minimum Gasteiger partial charge on any atom is -0.289 e. The molecule has 0 N–H and O–H groups in total. The molecule has 1 aromatic rings. The summed E-state index contributed by atoms with van der Waals surface area (Å²) in [7, 11) is 1.55. The molecule has 1 aliphatic rings. The molecule has 0 spiro atoms. The van der Waals surface area contributed by atoms with E-state index >= 15 is 0 Å². The van der Waals surface area contributed by atoms with Crippen LogP contribution >= 0.6 is 27.5 Å². The highest BCUT2D eigenvalue weighted by atomic mass is 79.9. The third kappa shape index (κ3) is 4.12. The van der Waals surface area contributed by atoms with Crippen LogP contribution in [0, 0.1) is 0 Å². The van der Waals surface area contributed by atoms with Crippen molar-refractivity contribution in [3.63, 3.8) is 0 Å². The van der Waals surface area contributed by atoms with Gasteiger partial charge < -0.3 is 0 Å². The Kier molecular flexibility index (Phi) is 5.63. The lowest BCUT2D eigenvalue weighted by atomic mass is 10.0. The van der Waals surface area contributed by atoms with E-state index in [9.17, 15) is 9.59 Å². The molecule has 0 radical (unpaired) electrons. The molecule has 5 heteroatoms. The first-order chi connectivity index (χ1) is 10.5. The minimum absolute atomic E-state index is 0.103. The van der Waals surface area contributed by atoms with Gasteiger partial charge in [-0.2, -0.15) is 0 Å². The van der Waals surface area contributed by atoms with E-state index in [4.69, 9.17) is 11.6 Å². The van der Waals surface area contributed by atoms with Crippen LogP contribution < -0.4 is 0 Å². The second kappa shape index (κ2) is 7.47. The number of rotatable bonds is 3. The van der Waals surface area contributed by atoms with Crippen LogP contribution in [0.4, 0.5) is 0 Å². The van der Waals surface area contributed by atoms with Crippen molar-refractivity contribution < 1.29 is 9.59 Å². The predicted octanol–water partition coefficient (Wildman–Crippen LogP) is 4.17. The number of aliphatic imine (C=N–C) groups is 1. The van der Waals surface area contributed by atoms with Crippen molar-refractivity contribution in [1.29, 1.82) is 0 Å². The number of carbonyl (C=O) groups is 2. The van der Waals surface area contributed by atoms with Gasteiger partial charge in [-0.25, -0.2) is 0 Å². The van der Waals surface area contributed by atoms with Gasteiger partial charge in [0.1, 0.15) is 0 Å². The lowest BCUT2D eigenvalue weighted by Gasteiger charge is -2.02. The van der Waals surface area contributed by atoms with Gasteiger partial charge >= 0.3 is 0 Å². The van der Waals surface area contributed by atoms with E-state index in [0.29, 0.717) is 21.6 Å². The van der Waals surface area contributed by atoms with Crippen molar-refractivity contribution in [2.75, 3.05) is 7.05 Å². The Labute approximate surface area is 142 Å². The highest BCUT2D eigenvalue weighted by Crippen LogP contribution is 2.19. The number of allylic oxidation sites excluding steroid dienone is 5. The maximum atomic E-state index is 12.3. The molecule has 1 aliphatic carbocycles. The van der Waals surface area contributed by atoms with Gasteiger partial charge in [-0.1, -0.05) is 51.8 Å². The summed E-state index contributed by atoms with van der Waals surface area (Å²) in [6, 6.07) is 7.07. The zero-order chi connectivity index (χ0) is 16.1. The van der Waals surface area contributed by atoms with Gasteiger partial charge in [-0.15, -0.1) is 0 Å². The van der Waals surface area contributed by atoms with Crippen LogP contribution in [0.1, 0.15) is 12.0 Å². The van der Waals surface area contributed by atoms with Gasteiger partial charge in [-0.05, 0) is 29.8 Å². The Bertz CT molecular complexity index is 728. The number of hydrogen-bond acceptors (Lipinski definition) is 3. The molecule has 0 atom stereocenters. The van der Waals surface area contributed by atoms with E-state index in [0.717, 1.165) is 5.56 Å². The van der Waals surface area contributed by atoms with Gasteiger partial charge in [0.2, 0.25) is 5.78 Å². The Morgan fingerprint density at radius 1 is 1.32 bits per heavy atom. The van der Waals surface area contributed by atoms with Crippen molar-refractivity contribution in [2.45, 2.75) is 6.42 Å². The molecule has 0 saturated heterocycles. The number of Topliss-reactive ketones (excluding diaryl/α,β-unsaturated/α-hetero) is 1. The molecule has 0 aliphatic heterocycles. The first-order valence-electron chi connectivity index (χ1n) is 6.57. The topological polar surface area (TPSA) is 46.5 Å². The van der Waals surface area contributed by atoms with Gasteiger partial charge in [-0.3, -0.25) is 14.6 Å². The van der Waals surface area contributed by atoms with Crippen LogP contribution in [-0.4, -0.2) is 24.3 Å². The van der Waals surface area contributed by atoms with Crippen LogP contribution in [-0.2, 0) is 9.59 Å². The SMILES string of the molecule is CN=C1CC=C(Br)C=C(C(=O)/C=C/c2ccc(Cl)cc2)C1=O. The summed E-state index contributed by atoms with van der Waals surface area (Å²) in [5.41, 5.74) is 1.30. The molecule has 112 valence electrons. The summed E-state index contributed by atoms with van der Waals surface area (Å²) in [6.45, 7) is 0. The van der Waals surface area contributed by atoms with E-state index in [1.165, 1.54) is 12.2 Å². The van der Waals surface area contributed by atoms with Crippen molar-refractivity contribution >= 4 is 50.9 Å². The van der Waals surface area contributed by atoms with Gasteiger partial charge in [0.05, 0.1) is 11.3 Å². The molecule has 2 rings (SSSR count). The van der Waals surface area contributed by atoms with Crippen LogP contribution in [0.25, 0.3) is 6.08 Å². The van der Waals surface area contributed by atoms with E-state index in [1.807, 2.05) is 6.08 Å². The molecule has 0 amide bonds. The molecule has 3 nitrogen and oxygen atoms in total. The van der Waals surface area contributed by atoms with E-state index in [1.54, 1.807) is 37.4 Å². The largest absolute Gasteiger partial charge is 0.289 e. The fourth-order valence-electron chi connectivity index (χ4n) is 1.92. The van der Waals surface area contributed by atoms with E-state index in [2.05, 4.69) is 20.9 Å². The number of ketones is 2. The molecule has 0 saturated carbocycles. The highest BCUT2D eigenvalue weighted by Gasteiger charge is 2.22. The number of halogens is 2. The molecule has 1 aromatic carbocycles. The fraction of sp³-hybridized carbons (Fsp3) is 0.118. The quantitative estimate of drug-likeness (QED) is 0.585. The molecular weight excluding hydrogens is 366 g/mol. The number of nitrogens with zero attached hydrogens (tertiary/aromatic N) is 1. The van der Waals surface area contributed by atoms with Crippen molar-refractivity contribution in [3.05, 3.63) is 63.1 Å². The first-order valence-corrected chi connectivity index (χ1v) is 7.74. The molecule has 0 heterocycles. The summed E-state index contributed by atoms with van der Waals surface area (Å²) in [4.78, 5) is 28.6. The Morgan fingerprint density at radius 3 is 2.64 bits per heavy atom. The van der Waals surface area contributed by atoms with Crippen molar-refractivity contribution in [3.8, 4) is 0 Å². The number of benzene rings is 1. The first kappa shape index (κ1) is 16.6. The Balaban J connectivity index is 2.25. The highest BCUT2D eigenvalue weighted by molar-refractivity contribution is 9.11. The van der Waals surface area contributed by atoms with Gasteiger partial charge in [0, 0.05) is 23.0 Å². The second-order valence-corrected chi connectivity index (χ2v) is 5.95. The molecule has 0 fully saturated rings. The lowest BCUT2D eigenvalue weighted by molar-refractivity contribution is -0.116. The summed E-state index contributed by atoms with van der Waals surface area (Å²) in [6.07, 6.45) is 6.78. The van der Waals surface area contributed by atoms with Crippen molar-refractivity contribution in [2.24, 2.45) is 4.99 Å². The fourth-order valence-corrected chi connectivity index (χ4v) is 2.43. The standard InChI is InChI=1S/C17H13BrClNO2/c1-20-15-8-5-12(18)10-14(17(15)22)16(21)9-4-11-2-6-13(19)7-3-11/h2-7,9-10H,8H2,1H3/b9-4+,20-15?. The van der Waals surface area contributed by atoms with Crippen LogP contribution in [0.2, 0.25) is 5.02 Å². The number of hydrogen-bond donors (Lipinski definition) is 0. The van der Waals surface area contributed by atoms with Crippen LogP contribution in [0.15, 0.2) is 57.5 Å². The monoisotopic (exact) mass is 377 g/mol. The lowest BCUT2D eigenvalue weighted by Crippen LogP contribution is -2.19.